The number of aliphatic hydroxyl groups is 2. The molecular weight excluding hydrogens is 680 g/mol. The molecule has 1 spiro atoms. The van der Waals surface area contributed by atoms with Gasteiger partial charge in [-0.3, -0.25) is 28.0 Å². The van der Waals surface area contributed by atoms with E-state index in [-0.39, 0.29) is 66.6 Å². The third kappa shape index (κ3) is 7.53. The Bertz CT molecular complexity index is 1100. The number of hydrogen-bond donors (Lipinski definition) is 3. The van der Waals surface area contributed by atoms with Gasteiger partial charge in [0.25, 0.3) is 0 Å². The molecule has 1 heterocycles. The summed E-state index contributed by atoms with van der Waals surface area (Å²) in [6.45, 7) is 7.22. The highest BCUT2D eigenvalue weighted by atomic mass is 32.2. The lowest BCUT2D eigenvalue weighted by atomic mass is 9.43. The fourth-order valence-electron chi connectivity index (χ4n) is 10.1. The van der Waals surface area contributed by atoms with Gasteiger partial charge >= 0.3 is 11.9 Å². The van der Waals surface area contributed by atoms with Crippen LogP contribution in [-0.2, 0) is 50.9 Å². The fraction of sp³-hybridized carbons (Fsp3) is 0.933. The molecule has 5 fully saturated rings. The van der Waals surface area contributed by atoms with E-state index in [4.69, 9.17) is 22.6 Å². The number of esters is 1. The number of aliphatic carboxylic acids is 1. The Morgan fingerprint density at radius 3 is 2.33 bits per heavy atom. The molecule has 4 aliphatic carbocycles. The second-order valence-electron chi connectivity index (χ2n) is 14.7. The van der Waals surface area contributed by atoms with E-state index in [1.165, 1.54) is 0 Å². The maximum Gasteiger partial charge on any atom is 0.306 e. The quantitative estimate of drug-likeness (QED) is 0.0545. The first-order valence-electron chi connectivity index (χ1n) is 16.5. The van der Waals surface area contributed by atoms with Crippen molar-refractivity contribution in [3.05, 3.63) is 0 Å². The molecule has 16 nitrogen and oxygen atoms in total. The molecule has 18 heteroatoms. The van der Waals surface area contributed by atoms with Gasteiger partial charge in [-0.1, -0.05) is 27.7 Å². The van der Waals surface area contributed by atoms with Crippen LogP contribution in [0.25, 0.3) is 0 Å². The first kappa shape index (κ1) is 38.4. The second-order valence-corrected chi connectivity index (χ2v) is 15.7. The highest BCUT2D eigenvalue weighted by Crippen LogP contribution is 2.71. The van der Waals surface area contributed by atoms with Crippen molar-refractivity contribution in [3.8, 4) is 0 Å². The lowest BCUT2D eigenvalue weighted by Crippen LogP contribution is -2.63. The van der Waals surface area contributed by atoms with Crippen LogP contribution in [0.3, 0.4) is 0 Å². The van der Waals surface area contributed by atoms with Crippen LogP contribution in [0, 0.1) is 46.3 Å². The number of fused-ring (bicyclic) bond motifs is 3. The van der Waals surface area contributed by atoms with Gasteiger partial charge in [0.05, 0.1) is 24.7 Å². The minimum absolute atomic E-state index is 0.00978. The molecule has 9 unspecified atom stereocenters. The van der Waals surface area contributed by atoms with Gasteiger partial charge in [-0.15, -0.1) is 8.67 Å². The molecule has 1 saturated heterocycles. The van der Waals surface area contributed by atoms with Gasteiger partial charge in [0.2, 0.25) is 0 Å². The minimum atomic E-state index is -1.40. The Kier molecular flexibility index (Phi) is 13.0. The number of carboxylic acid groups (broad SMARTS) is 1. The number of aliphatic hydroxyl groups excluding tert-OH is 2. The zero-order chi connectivity index (χ0) is 34.8. The SMILES string of the molecule is CC(C)CC(=O)OC1[C@H](OC2CC(C(=O)O)C3CCC45CC(CCC4C3(C)C2)C(C)[C@@H]5O)O[C@H](CO)[C@@H](OSOO[O-])[C@H]1OSOO[O-]. The smallest absolute Gasteiger partial charge is 0.306 e. The number of carbonyl (C=O) groups is 2. The summed E-state index contributed by atoms with van der Waals surface area (Å²) in [5, 5.41) is 60.0. The molecule has 5 rings (SSSR count). The van der Waals surface area contributed by atoms with Gasteiger partial charge in [-0.05, 0) is 80.0 Å². The van der Waals surface area contributed by atoms with Gasteiger partial charge in [-0.2, -0.15) is 0 Å². The van der Waals surface area contributed by atoms with Crippen LogP contribution in [0.4, 0.5) is 0 Å². The molecule has 0 aromatic rings. The summed E-state index contributed by atoms with van der Waals surface area (Å²) in [5.74, 6) is -1.82. The van der Waals surface area contributed by atoms with Crippen molar-refractivity contribution < 1.29 is 76.7 Å². The highest BCUT2D eigenvalue weighted by Gasteiger charge is 2.67. The van der Waals surface area contributed by atoms with Crippen LogP contribution >= 0.6 is 24.6 Å². The minimum Gasteiger partial charge on any atom is -0.691 e. The summed E-state index contributed by atoms with van der Waals surface area (Å²) in [5.41, 5.74) is -0.771. The lowest BCUT2D eigenvalue weighted by Gasteiger charge is -2.62. The largest absolute Gasteiger partial charge is 0.691 e. The van der Waals surface area contributed by atoms with Crippen molar-refractivity contribution in [1.82, 2.24) is 0 Å². The maximum absolute atomic E-state index is 13.0. The van der Waals surface area contributed by atoms with E-state index in [1.807, 2.05) is 13.8 Å². The summed E-state index contributed by atoms with van der Waals surface area (Å²) in [6, 6.07) is 0. The first-order valence-corrected chi connectivity index (χ1v) is 17.8. The molecule has 3 N–H and O–H groups in total. The molecule has 2 bridgehead atoms. The van der Waals surface area contributed by atoms with Gasteiger partial charge in [-0.25, -0.2) is 0 Å². The molecule has 4 saturated carbocycles. The van der Waals surface area contributed by atoms with Gasteiger partial charge in [0.15, 0.2) is 37.0 Å². The van der Waals surface area contributed by atoms with Crippen LogP contribution in [0.1, 0.15) is 79.1 Å². The molecule has 0 radical (unpaired) electrons. The van der Waals surface area contributed by atoms with Gasteiger partial charge in [0, 0.05) is 11.8 Å². The topological polar surface area (TPSA) is 224 Å². The summed E-state index contributed by atoms with van der Waals surface area (Å²) < 4.78 is 38.1. The van der Waals surface area contributed by atoms with Crippen molar-refractivity contribution in [2.75, 3.05) is 6.61 Å². The zero-order valence-electron chi connectivity index (χ0n) is 27.3. The molecule has 0 aromatic heterocycles. The third-order valence-electron chi connectivity index (χ3n) is 11.9. The number of rotatable bonds is 15. The Labute approximate surface area is 287 Å². The molecule has 0 aromatic carbocycles. The standard InChI is InChI=1S/C30H48O16S2/c1-14(2)9-22(32)40-25-24(42-48-46-44-37)23(41-47-45-43-36)20(13-31)39-28(25)38-17-10-18(27(34)35)19-7-8-30-11-16(15(3)26(30)33)5-6-21(30)29(19,4)12-17/h14-21,23-26,28,31,33,36-37H,5-13H2,1-4H3,(H,34,35)/p-2/t15?,16?,17?,18?,19?,20-,21?,23-,24-,25?,26+,28-,29?,30?/m1/s1. The van der Waals surface area contributed by atoms with E-state index in [0.29, 0.717) is 18.8 Å². The predicted octanol–water partition coefficient (Wildman–Crippen LogP) is 1.71. The van der Waals surface area contributed by atoms with Gasteiger partial charge < -0.3 is 40.0 Å². The van der Waals surface area contributed by atoms with Crippen LogP contribution < -0.4 is 10.5 Å². The molecule has 48 heavy (non-hydrogen) atoms. The second kappa shape index (κ2) is 16.2. The van der Waals surface area contributed by atoms with Crippen LogP contribution in [-0.4, -0.2) is 76.8 Å². The zero-order valence-corrected chi connectivity index (χ0v) is 29.0. The molecule has 5 aliphatic rings. The Morgan fingerprint density at radius 2 is 1.71 bits per heavy atom. The number of hydrogen-bond acceptors (Lipinski definition) is 17. The maximum atomic E-state index is 13.0. The Morgan fingerprint density at radius 1 is 1.02 bits per heavy atom. The molecular formula is C30H46O16S2-2. The molecule has 276 valence electrons. The first-order chi connectivity index (χ1) is 22.9. The number of ether oxygens (including phenoxy) is 3. The van der Waals surface area contributed by atoms with E-state index in [1.54, 1.807) is 0 Å². The van der Waals surface area contributed by atoms with E-state index in [0.717, 1.165) is 25.7 Å². The summed E-state index contributed by atoms with van der Waals surface area (Å²) in [6.07, 6.45) is -2.95. The van der Waals surface area contributed by atoms with Crippen molar-refractivity contribution >= 4 is 36.6 Å². The van der Waals surface area contributed by atoms with E-state index >= 15 is 0 Å². The van der Waals surface area contributed by atoms with Crippen molar-refractivity contribution in [3.63, 3.8) is 0 Å². The van der Waals surface area contributed by atoms with Gasteiger partial charge in [0.1, 0.15) is 18.3 Å². The van der Waals surface area contributed by atoms with E-state index in [2.05, 4.69) is 32.6 Å². The Hall–Kier alpha value is -0.840. The molecule has 1 aliphatic heterocycles. The molecule has 0 amide bonds. The monoisotopic (exact) mass is 726 g/mol. The van der Waals surface area contributed by atoms with Crippen LogP contribution in [0.15, 0.2) is 0 Å². The fourth-order valence-corrected chi connectivity index (χ4v) is 10.8. The van der Waals surface area contributed by atoms with Crippen molar-refractivity contribution in [1.29, 1.82) is 0 Å². The average Bonchev–Trinajstić information content (AvgIpc) is 3.21. The highest BCUT2D eigenvalue weighted by molar-refractivity contribution is 7.90. The van der Waals surface area contributed by atoms with Crippen molar-refractivity contribution in [2.45, 2.75) is 122 Å². The lowest BCUT2D eigenvalue weighted by molar-refractivity contribution is -0.778. The van der Waals surface area contributed by atoms with E-state index in [9.17, 15) is 35.4 Å². The average molecular weight is 727 g/mol. The molecule has 14 atom stereocenters. The number of carbonyl (C=O) groups excluding carboxylic acids is 1. The van der Waals surface area contributed by atoms with E-state index < -0.39 is 72.8 Å². The summed E-state index contributed by atoms with van der Waals surface area (Å²) >= 11 is 0.208. The third-order valence-corrected chi connectivity index (χ3v) is 12.7. The predicted molar refractivity (Wildman–Crippen MR) is 159 cm³/mol. The number of carboxylic acids is 1. The van der Waals surface area contributed by atoms with Crippen molar-refractivity contribution in [2.24, 2.45) is 46.3 Å². The summed E-state index contributed by atoms with van der Waals surface area (Å²) in [7, 11) is 0. The summed E-state index contributed by atoms with van der Waals surface area (Å²) in [4.78, 5) is 25.9. The normalized spacial score (nSPS) is 43.9. The Balaban J connectivity index is 1.45. The van der Waals surface area contributed by atoms with Crippen LogP contribution in [0.5, 0.6) is 0 Å². The van der Waals surface area contributed by atoms with Crippen LogP contribution in [0.2, 0.25) is 0 Å².